The molecule has 0 aliphatic rings. The van der Waals surface area contributed by atoms with Gasteiger partial charge in [0.05, 0.1) is 26.2 Å². The zero-order valence-corrected chi connectivity index (χ0v) is 22.0. The van der Waals surface area contributed by atoms with Gasteiger partial charge in [0, 0.05) is 25.0 Å². The summed E-state index contributed by atoms with van der Waals surface area (Å²) in [6.07, 6.45) is 3.66. The molecule has 0 aliphatic heterocycles. The molecular weight excluding hydrogens is 472 g/mol. The van der Waals surface area contributed by atoms with Crippen molar-refractivity contribution in [3.63, 3.8) is 0 Å². The average molecular weight is 507 g/mol. The van der Waals surface area contributed by atoms with E-state index < -0.39 is 5.63 Å². The number of ketones is 1. The minimum Gasteiger partial charge on any atom is -0.496 e. The molecule has 0 atom stereocenters. The highest BCUT2D eigenvalue weighted by Gasteiger charge is 2.26. The van der Waals surface area contributed by atoms with Crippen LogP contribution in [0.5, 0.6) is 11.5 Å². The van der Waals surface area contributed by atoms with Crippen molar-refractivity contribution in [2.45, 2.75) is 52.4 Å². The highest BCUT2D eigenvalue weighted by Crippen LogP contribution is 2.39. The molecule has 0 spiro atoms. The van der Waals surface area contributed by atoms with Crippen molar-refractivity contribution in [2.75, 3.05) is 20.8 Å². The Morgan fingerprint density at radius 2 is 1.65 bits per heavy atom. The quantitative estimate of drug-likeness (QED) is 0.128. The number of hydrogen-bond acceptors (Lipinski definition) is 7. The molecule has 37 heavy (non-hydrogen) atoms. The van der Waals surface area contributed by atoms with E-state index in [9.17, 15) is 14.4 Å². The maximum atomic E-state index is 13.8. The van der Waals surface area contributed by atoms with Crippen molar-refractivity contribution in [2.24, 2.45) is 0 Å². The smallest absolute Gasteiger partial charge is 0.336 e. The monoisotopic (exact) mass is 506 g/mol. The minimum absolute atomic E-state index is 0.0491. The van der Waals surface area contributed by atoms with Gasteiger partial charge >= 0.3 is 11.6 Å². The van der Waals surface area contributed by atoms with Crippen molar-refractivity contribution < 1.29 is 28.2 Å². The highest BCUT2D eigenvalue weighted by atomic mass is 16.5. The van der Waals surface area contributed by atoms with Crippen LogP contribution in [-0.2, 0) is 28.8 Å². The van der Waals surface area contributed by atoms with Crippen LogP contribution in [0.2, 0.25) is 0 Å². The number of benzene rings is 2. The van der Waals surface area contributed by atoms with Gasteiger partial charge in [0.15, 0.2) is 11.4 Å². The Morgan fingerprint density at radius 3 is 2.30 bits per heavy atom. The number of unbranched alkanes of at least 4 members (excludes halogenated alkanes) is 1. The molecule has 7 heteroatoms. The number of hydrogen-bond donors (Lipinski definition) is 0. The van der Waals surface area contributed by atoms with Crippen molar-refractivity contribution >= 4 is 22.7 Å². The molecule has 0 amide bonds. The standard InChI is InChI=1S/C30H34O7/c1-6-8-11-20-12-9-10-13-21(20)16-19(3)29(33)28-24(35-5)18-23(34-4)27-22(14-15-25(31)36-7-2)17-26(32)37-30(27)28/h9-10,12-13,17-18H,3,6-8,11,14-16H2,1-2,4-5H3. The van der Waals surface area contributed by atoms with Crippen LogP contribution in [0, 0.1) is 0 Å². The van der Waals surface area contributed by atoms with Crippen LogP contribution in [0.3, 0.4) is 0 Å². The second-order valence-corrected chi connectivity index (χ2v) is 8.74. The first-order valence-electron chi connectivity index (χ1n) is 12.5. The van der Waals surface area contributed by atoms with Crippen LogP contribution in [0.1, 0.15) is 60.2 Å². The first kappa shape index (κ1) is 27.7. The number of rotatable bonds is 13. The Hall–Kier alpha value is -3.87. The molecule has 0 unspecified atom stereocenters. The molecule has 2 aromatic carbocycles. The number of carbonyl (C=O) groups is 2. The first-order valence-corrected chi connectivity index (χ1v) is 12.5. The van der Waals surface area contributed by atoms with Crippen LogP contribution in [0.4, 0.5) is 0 Å². The van der Waals surface area contributed by atoms with Crippen molar-refractivity contribution in [3.05, 3.63) is 81.2 Å². The Kier molecular flexibility index (Phi) is 9.66. The fraction of sp³-hybridized carbons (Fsp3) is 0.367. The van der Waals surface area contributed by atoms with E-state index in [0.717, 1.165) is 24.8 Å². The summed E-state index contributed by atoms with van der Waals surface area (Å²) in [5.74, 6) is -0.203. The zero-order chi connectivity index (χ0) is 26.9. The summed E-state index contributed by atoms with van der Waals surface area (Å²) in [5.41, 5.74) is 2.57. The van der Waals surface area contributed by atoms with Crippen LogP contribution >= 0.6 is 0 Å². The predicted molar refractivity (Wildman–Crippen MR) is 143 cm³/mol. The zero-order valence-electron chi connectivity index (χ0n) is 22.0. The maximum absolute atomic E-state index is 13.8. The van der Waals surface area contributed by atoms with E-state index in [1.807, 2.05) is 18.2 Å². The van der Waals surface area contributed by atoms with Gasteiger partial charge in [-0.25, -0.2) is 4.79 Å². The second kappa shape index (κ2) is 12.9. The van der Waals surface area contributed by atoms with E-state index in [-0.39, 0.29) is 48.1 Å². The lowest BCUT2D eigenvalue weighted by atomic mass is 9.91. The summed E-state index contributed by atoms with van der Waals surface area (Å²) in [6.45, 7) is 8.21. The number of methoxy groups -OCH3 is 2. The number of Topliss-reactive ketones (excluding diaryl/α,β-unsaturated/α-hetero) is 1. The van der Waals surface area contributed by atoms with Gasteiger partial charge in [-0.3, -0.25) is 9.59 Å². The van der Waals surface area contributed by atoms with Crippen molar-refractivity contribution in [3.8, 4) is 11.5 Å². The fourth-order valence-electron chi connectivity index (χ4n) is 4.39. The molecule has 0 saturated carbocycles. The molecule has 3 aromatic rings. The van der Waals surface area contributed by atoms with Gasteiger partial charge in [-0.15, -0.1) is 0 Å². The Morgan fingerprint density at radius 1 is 0.946 bits per heavy atom. The number of esters is 1. The minimum atomic E-state index is -0.647. The summed E-state index contributed by atoms with van der Waals surface area (Å²) >= 11 is 0. The van der Waals surface area contributed by atoms with E-state index in [2.05, 4.69) is 19.6 Å². The molecule has 0 aliphatic carbocycles. The third kappa shape index (κ3) is 6.47. The number of ether oxygens (including phenoxy) is 3. The molecule has 3 rings (SSSR count). The van der Waals surface area contributed by atoms with E-state index in [0.29, 0.717) is 28.7 Å². The summed E-state index contributed by atoms with van der Waals surface area (Å²) in [5, 5.41) is 0.437. The van der Waals surface area contributed by atoms with Crippen LogP contribution in [0.25, 0.3) is 11.0 Å². The lowest BCUT2D eigenvalue weighted by Crippen LogP contribution is -2.12. The Bertz CT molecular complexity index is 1350. The molecule has 0 radical (unpaired) electrons. The van der Waals surface area contributed by atoms with Gasteiger partial charge in [-0.2, -0.15) is 0 Å². The lowest BCUT2D eigenvalue weighted by Gasteiger charge is -2.17. The molecule has 0 saturated heterocycles. The maximum Gasteiger partial charge on any atom is 0.336 e. The summed E-state index contributed by atoms with van der Waals surface area (Å²) in [4.78, 5) is 38.3. The average Bonchev–Trinajstić information content (AvgIpc) is 2.89. The number of carbonyl (C=O) groups excluding carboxylic acids is 2. The molecule has 196 valence electrons. The summed E-state index contributed by atoms with van der Waals surface area (Å²) in [6, 6.07) is 10.9. The molecular formula is C30H34O7. The predicted octanol–water partition coefficient (Wildman–Crippen LogP) is 5.63. The van der Waals surface area contributed by atoms with E-state index in [1.54, 1.807) is 13.0 Å². The SMILES string of the molecule is C=C(Cc1ccccc1CCCC)C(=O)c1c(OC)cc(OC)c2c(CCC(=O)OCC)cc(=O)oc12. The lowest BCUT2D eigenvalue weighted by molar-refractivity contribution is -0.143. The topological polar surface area (TPSA) is 92.0 Å². The number of allylic oxidation sites excluding steroid dienone is 1. The van der Waals surface area contributed by atoms with E-state index >= 15 is 0 Å². The highest BCUT2D eigenvalue weighted by molar-refractivity contribution is 6.17. The molecule has 1 aromatic heterocycles. The Labute approximate surface area is 217 Å². The van der Waals surface area contributed by atoms with Gasteiger partial charge in [0.2, 0.25) is 0 Å². The second-order valence-electron chi connectivity index (χ2n) is 8.74. The van der Waals surface area contributed by atoms with Gasteiger partial charge in [-0.05, 0) is 48.4 Å². The third-order valence-electron chi connectivity index (χ3n) is 6.24. The number of aryl methyl sites for hydroxylation is 2. The van der Waals surface area contributed by atoms with Crippen molar-refractivity contribution in [1.29, 1.82) is 0 Å². The molecule has 7 nitrogen and oxygen atoms in total. The molecule has 0 bridgehead atoms. The molecule has 0 fully saturated rings. The van der Waals surface area contributed by atoms with Gasteiger partial charge in [0.1, 0.15) is 17.1 Å². The first-order chi connectivity index (χ1) is 17.8. The summed E-state index contributed by atoms with van der Waals surface area (Å²) in [7, 11) is 2.91. The van der Waals surface area contributed by atoms with Crippen LogP contribution in [-0.4, -0.2) is 32.6 Å². The Balaban J connectivity index is 2.09. The normalized spacial score (nSPS) is 10.8. The van der Waals surface area contributed by atoms with Gasteiger partial charge < -0.3 is 18.6 Å². The van der Waals surface area contributed by atoms with E-state index in [1.165, 1.54) is 25.8 Å². The molecule has 1 heterocycles. The summed E-state index contributed by atoms with van der Waals surface area (Å²) < 4.78 is 21.7. The fourth-order valence-corrected chi connectivity index (χ4v) is 4.39. The van der Waals surface area contributed by atoms with Gasteiger partial charge in [0.25, 0.3) is 0 Å². The van der Waals surface area contributed by atoms with Gasteiger partial charge in [-0.1, -0.05) is 44.2 Å². The third-order valence-corrected chi connectivity index (χ3v) is 6.24. The number of fused-ring (bicyclic) bond motifs is 1. The largest absolute Gasteiger partial charge is 0.496 e. The van der Waals surface area contributed by atoms with E-state index in [4.69, 9.17) is 18.6 Å². The van der Waals surface area contributed by atoms with Crippen LogP contribution < -0.4 is 15.1 Å². The van der Waals surface area contributed by atoms with Crippen LogP contribution in [0.15, 0.2) is 57.8 Å². The molecule has 0 N–H and O–H groups in total. The van der Waals surface area contributed by atoms with Crippen molar-refractivity contribution in [1.82, 2.24) is 0 Å².